The van der Waals surface area contributed by atoms with Crippen molar-refractivity contribution < 1.29 is 23.5 Å². The maximum absolute atomic E-state index is 13.0. The smallest absolute Gasteiger partial charge is 0.305 e. The van der Waals surface area contributed by atoms with Gasteiger partial charge in [0.05, 0.1) is 12.5 Å². The van der Waals surface area contributed by atoms with Crippen molar-refractivity contribution in [2.75, 3.05) is 0 Å². The summed E-state index contributed by atoms with van der Waals surface area (Å²) in [5.41, 5.74) is 4.60. The Morgan fingerprint density at radius 1 is 1.27 bits per heavy atom. The van der Waals surface area contributed by atoms with E-state index in [1.807, 2.05) is 0 Å². The number of aliphatic hydroxyl groups excluding tert-OH is 1. The third kappa shape index (κ3) is 4.16. The number of furan rings is 1. The van der Waals surface area contributed by atoms with E-state index >= 15 is 0 Å². The molecule has 1 heterocycles. The summed E-state index contributed by atoms with van der Waals surface area (Å²) in [6.07, 6.45) is -1.49. The number of aryl methyl sites for hydroxylation is 1. The van der Waals surface area contributed by atoms with Crippen LogP contribution in [0.2, 0.25) is 0 Å². The van der Waals surface area contributed by atoms with Crippen molar-refractivity contribution in [1.82, 2.24) is 10.9 Å². The molecule has 22 heavy (non-hydrogen) atoms. The van der Waals surface area contributed by atoms with Crippen molar-refractivity contribution in [3.05, 3.63) is 59.3 Å². The van der Waals surface area contributed by atoms with Crippen molar-refractivity contribution >= 4 is 11.8 Å². The Hall–Kier alpha value is -2.67. The van der Waals surface area contributed by atoms with Gasteiger partial charge in [-0.3, -0.25) is 20.4 Å². The Balaban J connectivity index is 1.84. The van der Waals surface area contributed by atoms with Gasteiger partial charge in [0, 0.05) is 0 Å². The quantitative estimate of drug-likeness (QED) is 0.748. The molecule has 0 radical (unpaired) electrons. The molecule has 6 nitrogen and oxygen atoms in total. The summed E-state index contributed by atoms with van der Waals surface area (Å²) in [4.78, 5) is 23.3. The molecule has 1 atom stereocenters. The lowest BCUT2D eigenvalue weighted by molar-refractivity contribution is -0.123. The molecular weight excluding hydrogens is 291 g/mol. The lowest BCUT2D eigenvalue weighted by Crippen LogP contribution is -2.42. The zero-order chi connectivity index (χ0) is 16.1. The number of amides is 2. The molecule has 0 aliphatic carbocycles. The first-order valence-electron chi connectivity index (χ1n) is 6.55. The summed E-state index contributed by atoms with van der Waals surface area (Å²) in [6.45, 7) is 1.69. The molecule has 1 aromatic carbocycles. The average molecular weight is 306 g/mol. The number of hydrogen-bond donors (Lipinski definition) is 3. The standard InChI is InChI=1S/C15H15FN2O4/c1-9-5-6-13(22-9)15(21)18-17-14(20)8-12(19)10-3-2-4-11(16)7-10/h2-7,12,19H,8H2,1H3,(H,17,20)(H,18,21). The molecule has 116 valence electrons. The average Bonchev–Trinajstić information content (AvgIpc) is 2.91. The van der Waals surface area contributed by atoms with Gasteiger partial charge < -0.3 is 9.52 Å². The van der Waals surface area contributed by atoms with Gasteiger partial charge in [-0.15, -0.1) is 0 Å². The minimum absolute atomic E-state index is 0.0588. The number of aliphatic hydroxyl groups is 1. The van der Waals surface area contributed by atoms with E-state index in [9.17, 15) is 19.1 Å². The molecule has 0 fully saturated rings. The first-order chi connectivity index (χ1) is 10.5. The van der Waals surface area contributed by atoms with Crippen LogP contribution in [0.5, 0.6) is 0 Å². The van der Waals surface area contributed by atoms with E-state index < -0.39 is 23.7 Å². The number of nitrogens with one attached hydrogen (secondary N) is 2. The van der Waals surface area contributed by atoms with Crippen LogP contribution >= 0.6 is 0 Å². The van der Waals surface area contributed by atoms with E-state index in [0.717, 1.165) is 6.07 Å². The van der Waals surface area contributed by atoms with Crippen LogP contribution in [-0.2, 0) is 4.79 Å². The predicted molar refractivity (Wildman–Crippen MR) is 75.0 cm³/mol. The maximum Gasteiger partial charge on any atom is 0.305 e. The van der Waals surface area contributed by atoms with Crippen LogP contribution in [0.1, 0.15) is 34.4 Å². The molecule has 2 aromatic rings. The normalized spacial score (nSPS) is 11.8. The maximum atomic E-state index is 13.0. The number of rotatable bonds is 4. The van der Waals surface area contributed by atoms with Crippen LogP contribution in [0.4, 0.5) is 4.39 Å². The molecule has 2 amide bonds. The van der Waals surface area contributed by atoms with Gasteiger partial charge in [0.1, 0.15) is 11.6 Å². The second kappa shape index (κ2) is 6.86. The highest BCUT2D eigenvalue weighted by molar-refractivity contribution is 5.93. The molecule has 7 heteroatoms. The highest BCUT2D eigenvalue weighted by Gasteiger charge is 2.15. The van der Waals surface area contributed by atoms with E-state index in [0.29, 0.717) is 5.76 Å². The van der Waals surface area contributed by atoms with E-state index in [1.165, 1.54) is 24.3 Å². The van der Waals surface area contributed by atoms with Gasteiger partial charge in [-0.2, -0.15) is 0 Å². The monoisotopic (exact) mass is 306 g/mol. The van der Waals surface area contributed by atoms with Crippen LogP contribution in [-0.4, -0.2) is 16.9 Å². The van der Waals surface area contributed by atoms with Gasteiger partial charge in [0.2, 0.25) is 5.91 Å². The van der Waals surface area contributed by atoms with Crippen LogP contribution < -0.4 is 10.9 Å². The minimum Gasteiger partial charge on any atom is -0.456 e. The van der Waals surface area contributed by atoms with Crippen LogP contribution in [0.15, 0.2) is 40.8 Å². The number of carbonyl (C=O) groups is 2. The first kappa shape index (κ1) is 15.7. The lowest BCUT2D eigenvalue weighted by Gasteiger charge is -2.11. The van der Waals surface area contributed by atoms with Gasteiger partial charge in [-0.05, 0) is 36.8 Å². The summed E-state index contributed by atoms with van der Waals surface area (Å²) in [5, 5.41) is 9.84. The molecule has 3 N–H and O–H groups in total. The fourth-order valence-electron chi connectivity index (χ4n) is 1.80. The Bertz CT molecular complexity index is 684. The largest absolute Gasteiger partial charge is 0.456 e. The van der Waals surface area contributed by atoms with Crippen molar-refractivity contribution in [2.45, 2.75) is 19.4 Å². The van der Waals surface area contributed by atoms with E-state index in [1.54, 1.807) is 13.0 Å². The highest BCUT2D eigenvalue weighted by atomic mass is 19.1. The SMILES string of the molecule is Cc1ccc(C(=O)NNC(=O)CC(O)c2cccc(F)c2)o1. The van der Waals surface area contributed by atoms with Crippen molar-refractivity contribution in [3.63, 3.8) is 0 Å². The van der Waals surface area contributed by atoms with Crippen molar-refractivity contribution in [3.8, 4) is 0 Å². The third-order valence-electron chi connectivity index (χ3n) is 2.89. The van der Waals surface area contributed by atoms with Crippen LogP contribution in [0.25, 0.3) is 0 Å². The fourth-order valence-corrected chi connectivity index (χ4v) is 1.80. The number of hydrazine groups is 1. The number of benzene rings is 1. The first-order valence-corrected chi connectivity index (χ1v) is 6.55. The zero-order valence-corrected chi connectivity index (χ0v) is 11.8. The molecule has 0 aliphatic heterocycles. The number of halogens is 1. The van der Waals surface area contributed by atoms with Crippen molar-refractivity contribution in [2.24, 2.45) is 0 Å². The molecule has 0 saturated heterocycles. The summed E-state index contributed by atoms with van der Waals surface area (Å²) in [5.74, 6) is -1.10. The molecule has 1 unspecified atom stereocenters. The molecular formula is C15H15FN2O4. The second-order valence-corrected chi connectivity index (χ2v) is 4.69. The van der Waals surface area contributed by atoms with Gasteiger partial charge >= 0.3 is 5.91 Å². The summed E-state index contributed by atoms with van der Waals surface area (Å²) >= 11 is 0. The summed E-state index contributed by atoms with van der Waals surface area (Å²) < 4.78 is 18.1. The van der Waals surface area contributed by atoms with Gasteiger partial charge in [-0.1, -0.05) is 12.1 Å². The van der Waals surface area contributed by atoms with Gasteiger partial charge in [0.25, 0.3) is 0 Å². The molecule has 0 aliphatic rings. The molecule has 1 aromatic heterocycles. The summed E-state index contributed by atoms with van der Waals surface area (Å²) in [6, 6.07) is 8.41. The Labute approximate surface area is 125 Å². The zero-order valence-electron chi connectivity index (χ0n) is 11.8. The Morgan fingerprint density at radius 3 is 2.68 bits per heavy atom. The van der Waals surface area contributed by atoms with Crippen molar-refractivity contribution in [1.29, 1.82) is 0 Å². The Kier molecular flexibility index (Phi) is 4.90. The molecule has 0 bridgehead atoms. The van der Waals surface area contributed by atoms with Gasteiger partial charge in [-0.25, -0.2) is 4.39 Å². The topological polar surface area (TPSA) is 91.6 Å². The van der Waals surface area contributed by atoms with Crippen LogP contribution in [0, 0.1) is 12.7 Å². The predicted octanol–water partition coefficient (Wildman–Crippen LogP) is 1.61. The fraction of sp³-hybridized carbons (Fsp3) is 0.200. The van der Waals surface area contributed by atoms with E-state index in [-0.39, 0.29) is 17.7 Å². The lowest BCUT2D eigenvalue weighted by atomic mass is 10.1. The summed E-state index contributed by atoms with van der Waals surface area (Å²) in [7, 11) is 0. The van der Waals surface area contributed by atoms with E-state index in [2.05, 4.69) is 10.9 Å². The Morgan fingerprint density at radius 2 is 2.05 bits per heavy atom. The molecule has 2 rings (SSSR count). The number of hydrogen-bond acceptors (Lipinski definition) is 4. The minimum atomic E-state index is -1.17. The molecule has 0 saturated carbocycles. The second-order valence-electron chi connectivity index (χ2n) is 4.69. The van der Waals surface area contributed by atoms with E-state index in [4.69, 9.17) is 4.42 Å². The molecule has 0 spiro atoms. The number of carbonyl (C=O) groups excluding carboxylic acids is 2. The van der Waals surface area contributed by atoms with Gasteiger partial charge in [0.15, 0.2) is 5.76 Å². The highest BCUT2D eigenvalue weighted by Crippen LogP contribution is 2.17. The van der Waals surface area contributed by atoms with Crippen LogP contribution in [0.3, 0.4) is 0 Å². The third-order valence-corrected chi connectivity index (χ3v) is 2.89.